The van der Waals surface area contributed by atoms with E-state index in [0.29, 0.717) is 5.76 Å². The SMILES string of the molecule is COC1=CC=CC=CC1C(C)=O. The van der Waals surface area contributed by atoms with Crippen molar-refractivity contribution >= 4 is 5.78 Å². The third-order valence-corrected chi connectivity index (χ3v) is 1.77. The number of methoxy groups -OCH3 is 1. The summed E-state index contributed by atoms with van der Waals surface area (Å²) in [6.07, 6.45) is 9.24. The predicted octanol–water partition coefficient (Wildman–Crippen LogP) is 1.85. The molecule has 12 heavy (non-hydrogen) atoms. The van der Waals surface area contributed by atoms with Crippen molar-refractivity contribution in [1.29, 1.82) is 0 Å². The monoisotopic (exact) mass is 164 g/mol. The quantitative estimate of drug-likeness (QED) is 0.622. The van der Waals surface area contributed by atoms with Gasteiger partial charge in [-0.2, -0.15) is 0 Å². The summed E-state index contributed by atoms with van der Waals surface area (Å²) in [6.45, 7) is 1.56. The molecule has 0 aliphatic heterocycles. The van der Waals surface area contributed by atoms with E-state index in [1.165, 1.54) is 0 Å². The summed E-state index contributed by atoms with van der Waals surface area (Å²) >= 11 is 0. The Kier molecular flexibility index (Phi) is 2.86. The van der Waals surface area contributed by atoms with Gasteiger partial charge in [0.1, 0.15) is 11.5 Å². The molecule has 1 aliphatic rings. The van der Waals surface area contributed by atoms with Gasteiger partial charge in [-0.1, -0.05) is 24.3 Å². The molecule has 0 radical (unpaired) electrons. The Bertz CT molecular complexity index is 259. The second kappa shape index (κ2) is 3.90. The van der Waals surface area contributed by atoms with Crippen molar-refractivity contribution in [3.05, 3.63) is 36.1 Å². The van der Waals surface area contributed by atoms with Crippen LogP contribution in [0.15, 0.2) is 36.1 Å². The van der Waals surface area contributed by atoms with Gasteiger partial charge in [0, 0.05) is 0 Å². The van der Waals surface area contributed by atoms with E-state index in [2.05, 4.69) is 0 Å². The molecule has 1 aliphatic carbocycles. The number of ether oxygens (including phenoxy) is 1. The maximum atomic E-state index is 11.1. The maximum Gasteiger partial charge on any atom is 0.144 e. The Morgan fingerprint density at radius 1 is 1.42 bits per heavy atom. The van der Waals surface area contributed by atoms with Crippen LogP contribution in [-0.4, -0.2) is 12.9 Å². The van der Waals surface area contributed by atoms with Crippen LogP contribution < -0.4 is 0 Å². The number of carbonyl (C=O) groups is 1. The highest BCUT2D eigenvalue weighted by Gasteiger charge is 2.16. The van der Waals surface area contributed by atoms with Crippen molar-refractivity contribution in [2.24, 2.45) is 5.92 Å². The molecule has 0 aromatic carbocycles. The van der Waals surface area contributed by atoms with Crippen LogP contribution in [0, 0.1) is 5.92 Å². The number of carbonyl (C=O) groups excluding carboxylic acids is 1. The summed E-state index contributed by atoms with van der Waals surface area (Å²) in [6, 6.07) is 0. The Hall–Kier alpha value is -1.31. The van der Waals surface area contributed by atoms with Crippen LogP contribution in [0.1, 0.15) is 6.92 Å². The smallest absolute Gasteiger partial charge is 0.144 e. The second-order valence-electron chi connectivity index (χ2n) is 2.63. The van der Waals surface area contributed by atoms with Crippen LogP contribution in [0.3, 0.4) is 0 Å². The van der Waals surface area contributed by atoms with Gasteiger partial charge in [-0.15, -0.1) is 0 Å². The molecule has 0 aromatic heterocycles. The highest BCUT2D eigenvalue weighted by molar-refractivity contribution is 5.83. The van der Waals surface area contributed by atoms with Gasteiger partial charge in [-0.25, -0.2) is 0 Å². The third-order valence-electron chi connectivity index (χ3n) is 1.77. The van der Waals surface area contributed by atoms with Crippen LogP contribution in [-0.2, 0) is 9.53 Å². The summed E-state index contributed by atoms with van der Waals surface area (Å²) in [5.41, 5.74) is 0. The third kappa shape index (κ3) is 1.84. The molecule has 2 heteroatoms. The van der Waals surface area contributed by atoms with E-state index in [4.69, 9.17) is 4.74 Å². The lowest BCUT2D eigenvalue weighted by atomic mass is 10.0. The first-order valence-electron chi connectivity index (χ1n) is 3.85. The van der Waals surface area contributed by atoms with Crippen molar-refractivity contribution in [3.8, 4) is 0 Å². The molecule has 0 heterocycles. The van der Waals surface area contributed by atoms with E-state index in [-0.39, 0.29) is 11.7 Å². The number of Topliss-reactive ketones (excluding diaryl/α,β-unsaturated/α-hetero) is 1. The van der Waals surface area contributed by atoms with E-state index < -0.39 is 0 Å². The highest BCUT2D eigenvalue weighted by atomic mass is 16.5. The van der Waals surface area contributed by atoms with Crippen molar-refractivity contribution in [2.45, 2.75) is 6.92 Å². The van der Waals surface area contributed by atoms with Gasteiger partial charge in [0.05, 0.1) is 13.0 Å². The molecule has 0 aromatic rings. The lowest BCUT2D eigenvalue weighted by Gasteiger charge is -2.10. The van der Waals surface area contributed by atoms with Crippen molar-refractivity contribution in [3.63, 3.8) is 0 Å². The fourth-order valence-corrected chi connectivity index (χ4v) is 1.12. The minimum absolute atomic E-state index is 0.100. The van der Waals surface area contributed by atoms with Gasteiger partial charge in [0.15, 0.2) is 0 Å². The average molecular weight is 164 g/mol. The Labute approximate surface area is 72.2 Å². The fourth-order valence-electron chi connectivity index (χ4n) is 1.12. The molecule has 1 atom stereocenters. The number of ketones is 1. The molecule has 0 amide bonds. The largest absolute Gasteiger partial charge is 0.500 e. The Morgan fingerprint density at radius 3 is 2.75 bits per heavy atom. The predicted molar refractivity (Wildman–Crippen MR) is 47.5 cm³/mol. The first-order chi connectivity index (χ1) is 5.75. The van der Waals surface area contributed by atoms with Crippen LogP contribution >= 0.6 is 0 Å². The molecular weight excluding hydrogens is 152 g/mol. The van der Waals surface area contributed by atoms with Crippen molar-refractivity contribution in [2.75, 3.05) is 7.11 Å². The molecule has 0 saturated heterocycles. The van der Waals surface area contributed by atoms with Gasteiger partial charge < -0.3 is 4.74 Å². The van der Waals surface area contributed by atoms with E-state index in [9.17, 15) is 4.79 Å². The molecule has 2 nitrogen and oxygen atoms in total. The standard InChI is InChI=1S/C10H12O2/c1-8(11)9-6-4-3-5-7-10(9)12-2/h3-7,9H,1-2H3. The topological polar surface area (TPSA) is 26.3 Å². The van der Waals surface area contributed by atoms with Gasteiger partial charge in [-0.3, -0.25) is 4.79 Å². The normalized spacial score (nSPS) is 21.5. The molecule has 0 spiro atoms. The zero-order valence-corrected chi connectivity index (χ0v) is 7.28. The Balaban J connectivity index is 2.90. The molecule has 1 unspecified atom stereocenters. The fraction of sp³-hybridized carbons (Fsp3) is 0.300. The highest BCUT2D eigenvalue weighted by Crippen LogP contribution is 2.17. The van der Waals surface area contributed by atoms with E-state index in [1.807, 2.05) is 30.4 Å². The zero-order chi connectivity index (χ0) is 8.97. The van der Waals surface area contributed by atoms with Gasteiger partial charge >= 0.3 is 0 Å². The molecule has 0 N–H and O–H groups in total. The van der Waals surface area contributed by atoms with Crippen LogP contribution in [0.25, 0.3) is 0 Å². The number of hydrogen-bond acceptors (Lipinski definition) is 2. The molecule has 1 rings (SSSR count). The Morgan fingerprint density at radius 2 is 2.17 bits per heavy atom. The maximum absolute atomic E-state index is 11.1. The minimum atomic E-state index is -0.218. The summed E-state index contributed by atoms with van der Waals surface area (Å²) in [5, 5.41) is 0. The van der Waals surface area contributed by atoms with Crippen molar-refractivity contribution in [1.82, 2.24) is 0 Å². The van der Waals surface area contributed by atoms with Crippen LogP contribution in [0.4, 0.5) is 0 Å². The molecular formula is C10H12O2. The van der Waals surface area contributed by atoms with Gasteiger partial charge in [0.25, 0.3) is 0 Å². The number of allylic oxidation sites excluding steroid dienone is 5. The minimum Gasteiger partial charge on any atom is -0.500 e. The number of hydrogen-bond donors (Lipinski definition) is 0. The van der Waals surface area contributed by atoms with E-state index in [0.717, 1.165) is 0 Å². The van der Waals surface area contributed by atoms with Crippen LogP contribution in [0.5, 0.6) is 0 Å². The zero-order valence-electron chi connectivity index (χ0n) is 7.28. The molecule has 0 bridgehead atoms. The molecule has 64 valence electrons. The second-order valence-corrected chi connectivity index (χ2v) is 2.63. The summed E-state index contributed by atoms with van der Waals surface area (Å²) < 4.78 is 5.08. The first kappa shape index (κ1) is 8.78. The van der Waals surface area contributed by atoms with E-state index >= 15 is 0 Å². The lowest BCUT2D eigenvalue weighted by Crippen LogP contribution is -2.11. The summed E-state index contributed by atoms with van der Waals surface area (Å²) in [5.74, 6) is 0.584. The van der Waals surface area contributed by atoms with Crippen molar-refractivity contribution < 1.29 is 9.53 Å². The van der Waals surface area contributed by atoms with E-state index in [1.54, 1.807) is 14.0 Å². The van der Waals surface area contributed by atoms with Crippen LogP contribution in [0.2, 0.25) is 0 Å². The summed E-state index contributed by atoms with van der Waals surface area (Å²) in [4.78, 5) is 11.1. The average Bonchev–Trinajstić information content (AvgIpc) is 2.27. The summed E-state index contributed by atoms with van der Waals surface area (Å²) in [7, 11) is 1.58. The first-order valence-corrected chi connectivity index (χ1v) is 3.85. The molecule has 0 saturated carbocycles. The van der Waals surface area contributed by atoms with Gasteiger partial charge in [0.2, 0.25) is 0 Å². The lowest BCUT2D eigenvalue weighted by molar-refractivity contribution is -0.119. The number of rotatable bonds is 2. The van der Waals surface area contributed by atoms with Gasteiger partial charge in [-0.05, 0) is 13.0 Å². The molecule has 0 fully saturated rings.